The lowest BCUT2D eigenvalue weighted by Gasteiger charge is -2.32. The second-order valence-corrected chi connectivity index (χ2v) is 5.98. The minimum atomic E-state index is -0.165. The van der Waals surface area contributed by atoms with E-state index in [1.165, 1.54) is 0 Å². The first-order valence-electron chi connectivity index (χ1n) is 8.63. The smallest absolute Gasteiger partial charge is 0.255 e. The van der Waals surface area contributed by atoms with Crippen LogP contribution >= 0.6 is 0 Å². The molecule has 0 spiro atoms. The van der Waals surface area contributed by atoms with Crippen LogP contribution in [0.1, 0.15) is 37.0 Å². The topological polar surface area (TPSA) is 70.7 Å². The summed E-state index contributed by atoms with van der Waals surface area (Å²) in [4.78, 5) is 26.3. The molecule has 6 heteroatoms. The number of benzene rings is 1. The first-order valence-corrected chi connectivity index (χ1v) is 8.63. The van der Waals surface area contributed by atoms with Gasteiger partial charge in [-0.1, -0.05) is 12.1 Å². The van der Waals surface area contributed by atoms with Crippen LogP contribution in [0.2, 0.25) is 0 Å². The summed E-state index contributed by atoms with van der Waals surface area (Å²) in [7, 11) is 0. The zero-order valence-electron chi connectivity index (χ0n) is 14.5. The number of carbonyl (C=O) groups excluding carboxylic acids is 2. The fourth-order valence-electron chi connectivity index (χ4n) is 2.79. The predicted octanol–water partition coefficient (Wildman–Crippen LogP) is 1.42. The molecule has 0 saturated carbocycles. The number of piperazine rings is 1. The van der Waals surface area contributed by atoms with Crippen molar-refractivity contribution in [3.63, 3.8) is 0 Å². The molecule has 1 unspecified atom stereocenters. The second-order valence-electron chi connectivity index (χ2n) is 5.98. The highest BCUT2D eigenvalue weighted by Gasteiger charge is 2.20. The average Bonchev–Trinajstić information content (AvgIpc) is 2.59. The quantitative estimate of drug-likeness (QED) is 0.740. The maximum Gasteiger partial charge on any atom is 0.255 e. The molecule has 1 aliphatic rings. The van der Waals surface area contributed by atoms with Gasteiger partial charge in [0.2, 0.25) is 5.91 Å². The Morgan fingerprint density at radius 1 is 1.38 bits per heavy atom. The van der Waals surface area contributed by atoms with Crippen LogP contribution in [0.15, 0.2) is 24.3 Å². The summed E-state index contributed by atoms with van der Waals surface area (Å²) >= 11 is 0. The van der Waals surface area contributed by atoms with Gasteiger partial charge in [-0.05, 0) is 32.4 Å². The Morgan fingerprint density at radius 3 is 2.92 bits per heavy atom. The molecule has 1 aromatic carbocycles. The van der Waals surface area contributed by atoms with E-state index in [1.807, 2.05) is 24.0 Å². The van der Waals surface area contributed by atoms with Crippen LogP contribution in [0, 0.1) is 0 Å². The third-order valence-electron chi connectivity index (χ3n) is 4.01. The second kappa shape index (κ2) is 9.27. The first-order chi connectivity index (χ1) is 11.6. The molecule has 1 aromatic rings. The Morgan fingerprint density at radius 2 is 2.17 bits per heavy atom. The van der Waals surface area contributed by atoms with Gasteiger partial charge in [0.15, 0.2) is 0 Å². The lowest BCUT2D eigenvalue weighted by atomic mass is 10.1. The summed E-state index contributed by atoms with van der Waals surface area (Å²) in [5.41, 5.74) is 0.529. The summed E-state index contributed by atoms with van der Waals surface area (Å²) in [6.07, 6.45) is 1.10. The molecule has 1 fully saturated rings. The molecule has 0 radical (unpaired) electrons. The van der Waals surface area contributed by atoms with Crippen LogP contribution in [0.4, 0.5) is 0 Å². The van der Waals surface area contributed by atoms with Crippen LogP contribution in [0.25, 0.3) is 0 Å². The monoisotopic (exact) mass is 333 g/mol. The molecule has 0 aliphatic carbocycles. The Hall–Kier alpha value is -2.08. The van der Waals surface area contributed by atoms with Crippen LogP contribution in [-0.4, -0.2) is 55.5 Å². The van der Waals surface area contributed by atoms with E-state index in [0.29, 0.717) is 43.3 Å². The number of ether oxygens (including phenoxy) is 1. The Labute approximate surface area is 143 Å². The highest BCUT2D eigenvalue weighted by atomic mass is 16.5. The molecule has 1 saturated heterocycles. The van der Waals surface area contributed by atoms with E-state index in [0.717, 1.165) is 19.6 Å². The third kappa shape index (κ3) is 5.23. The number of nitrogens with zero attached hydrogens (tertiary/aromatic N) is 1. The number of para-hydroxylation sites is 1. The standard InChI is InChI=1S/C18H27N3O3/c1-3-24-16-8-5-4-7-15(16)18(23)20-10-6-9-17(22)21-12-11-19-14(2)13-21/h4-5,7-8,14,19H,3,6,9-13H2,1-2H3,(H,20,23). The van der Waals surface area contributed by atoms with Crippen molar-refractivity contribution in [2.45, 2.75) is 32.7 Å². The molecule has 2 rings (SSSR count). The Balaban J connectivity index is 1.74. The van der Waals surface area contributed by atoms with Crippen molar-refractivity contribution in [1.82, 2.24) is 15.5 Å². The molecule has 24 heavy (non-hydrogen) atoms. The van der Waals surface area contributed by atoms with Gasteiger partial charge in [0, 0.05) is 38.6 Å². The van der Waals surface area contributed by atoms with E-state index in [1.54, 1.807) is 12.1 Å². The maximum atomic E-state index is 12.2. The molecule has 1 heterocycles. The molecule has 0 bridgehead atoms. The summed E-state index contributed by atoms with van der Waals surface area (Å²) in [6.45, 7) is 7.32. The number of nitrogens with one attached hydrogen (secondary N) is 2. The van der Waals surface area contributed by atoms with Crippen LogP contribution < -0.4 is 15.4 Å². The van der Waals surface area contributed by atoms with Crippen LogP contribution in [0.5, 0.6) is 5.75 Å². The minimum absolute atomic E-state index is 0.160. The van der Waals surface area contributed by atoms with E-state index in [4.69, 9.17) is 4.74 Å². The number of rotatable bonds is 7. The van der Waals surface area contributed by atoms with E-state index in [2.05, 4.69) is 17.6 Å². The average molecular weight is 333 g/mol. The molecule has 2 N–H and O–H groups in total. The highest BCUT2D eigenvalue weighted by Crippen LogP contribution is 2.17. The maximum absolute atomic E-state index is 12.2. The third-order valence-corrected chi connectivity index (χ3v) is 4.01. The van der Waals surface area contributed by atoms with Crippen molar-refractivity contribution in [1.29, 1.82) is 0 Å². The zero-order chi connectivity index (χ0) is 17.4. The summed E-state index contributed by atoms with van der Waals surface area (Å²) < 4.78 is 5.46. The van der Waals surface area contributed by atoms with Gasteiger partial charge >= 0.3 is 0 Å². The van der Waals surface area contributed by atoms with E-state index in [9.17, 15) is 9.59 Å². The van der Waals surface area contributed by atoms with Crippen molar-refractivity contribution in [2.75, 3.05) is 32.8 Å². The number of amides is 2. The van der Waals surface area contributed by atoms with E-state index >= 15 is 0 Å². The zero-order valence-corrected chi connectivity index (χ0v) is 14.5. The minimum Gasteiger partial charge on any atom is -0.493 e. The predicted molar refractivity (Wildman–Crippen MR) is 93.2 cm³/mol. The molecule has 6 nitrogen and oxygen atoms in total. The Bertz CT molecular complexity index is 562. The van der Waals surface area contributed by atoms with Crippen LogP contribution in [-0.2, 0) is 4.79 Å². The molecule has 132 valence electrons. The molecule has 2 amide bonds. The fourth-order valence-corrected chi connectivity index (χ4v) is 2.79. The van der Waals surface area contributed by atoms with Crippen molar-refractivity contribution >= 4 is 11.8 Å². The van der Waals surface area contributed by atoms with E-state index in [-0.39, 0.29) is 11.8 Å². The van der Waals surface area contributed by atoms with Crippen molar-refractivity contribution < 1.29 is 14.3 Å². The van der Waals surface area contributed by atoms with Crippen molar-refractivity contribution in [3.8, 4) is 5.75 Å². The molecule has 0 aromatic heterocycles. The summed E-state index contributed by atoms with van der Waals surface area (Å²) in [6, 6.07) is 7.53. The van der Waals surface area contributed by atoms with E-state index < -0.39 is 0 Å². The fraction of sp³-hybridized carbons (Fsp3) is 0.556. The van der Waals surface area contributed by atoms with Crippen LogP contribution in [0.3, 0.4) is 0 Å². The van der Waals surface area contributed by atoms with Gasteiger partial charge in [0.25, 0.3) is 5.91 Å². The lowest BCUT2D eigenvalue weighted by molar-refractivity contribution is -0.132. The molecular weight excluding hydrogens is 306 g/mol. The number of carbonyl (C=O) groups is 2. The highest BCUT2D eigenvalue weighted by molar-refractivity contribution is 5.96. The first kappa shape index (κ1) is 18.3. The number of hydrogen-bond donors (Lipinski definition) is 2. The van der Waals surface area contributed by atoms with Crippen molar-refractivity contribution in [3.05, 3.63) is 29.8 Å². The van der Waals surface area contributed by atoms with Gasteiger partial charge in [0.05, 0.1) is 12.2 Å². The normalized spacial score (nSPS) is 17.4. The summed E-state index contributed by atoms with van der Waals surface area (Å²) in [5, 5.41) is 6.18. The summed E-state index contributed by atoms with van der Waals surface area (Å²) in [5.74, 6) is 0.581. The van der Waals surface area contributed by atoms with Gasteiger partial charge in [-0.25, -0.2) is 0 Å². The molecular formula is C18H27N3O3. The van der Waals surface area contributed by atoms with Gasteiger partial charge in [0.1, 0.15) is 5.75 Å². The molecule has 1 atom stereocenters. The van der Waals surface area contributed by atoms with Gasteiger partial charge < -0.3 is 20.3 Å². The largest absolute Gasteiger partial charge is 0.493 e. The number of hydrogen-bond acceptors (Lipinski definition) is 4. The van der Waals surface area contributed by atoms with Gasteiger partial charge in [-0.2, -0.15) is 0 Å². The van der Waals surface area contributed by atoms with Crippen molar-refractivity contribution in [2.24, 2.45) is 0 Å². The van der Waals surface area contributed by atoms with Gasteiger partial charge in [-0.15, -0.1) is 0 Å². The lowest BCUT2D eigenvalue weighted by Crippen LogP contribution is -2.51. The van der Waals surface area contributed by atoms with Gasteiger partial charge in [-0.3, -0.25) is 9.59 Å². The Kier molecular flexibility index (Phi) is 7.06. The molecule has 1 aliphatic heterocycles. The SMILES string of the molecule is CCOc1ccccc1C(=O)NCCCC(=O)N1CCNC(C)C1.